The fourth-order valence-corrected chi connectivity index (χ4v) is 11.1. The summed E-state index contributed by atoms with van der Waals surface area (Å²) in [6, 6.07) is 55.3. The lowest BCUT2D eigenvalue weighted by Gasteiger charge is -2.35. The van der Waals surface area contributed by atoms with Crippen molar-refractivity contribution in [2.75, 3.05) is 0 Å². The standard InChI is InChI=1S/C42H29F3Si/c43-36-11-4-9-34(27-36)32-17-23-40(24-18-32)46(42-14-6-13-38(45)29-42,39-21-15-31(16-22-39)30-7-2-1-3-8-30)41-25-19-33(20-26-41)35-10-5-12-37(44)28-35/h1-29H. The maximum Gasteiger partial charge on any atom is 0.179 e. The molecule has 7 aromatic carbocycles. The topological polar surface area (TPSA) is 0 Å². The summed E-state index contributed by atoms with van der Waals surface area (Å²) in [6.07, 6.45) is 0. The van der Waals surface area contributed by atoms with Crippen LogP contribution in [0.25, 0.3) is 33.4 Å². The molecule has 0 radical (unpaired) electrons. The number of rotatable bonds is 7. The van der Waals surface area contributed by atoms with E-state index in [1.807, 2.05) is 60.7 Å². The van der Waals surface area contributed by atoms with Gasteiger partial charge in [-0.3, -0.25) is 0 Å². The van der Waals surface area contributed by atoms with Gasteiger partial charge >= 0.3 is 0 Å². The van der Waals surface area contributed by atoms with Crippen LogP contribution in [0.3, 0.4) is 0 Å². The van der Waals surface area contributed by atoms with Crippen molar-refractivity contribution in [1.29, 1.82) is 0 Å². The SMILES string of the molecule is Fc1cccc(-c2ccc([Si](c3ccc(-c4ccccc4)cc3)(c3ccc(-c4cccc(F)c4)cc3)c3cccc(F)c3)cc2)c1. The molecule has 0 fully saturated rings. The molecule has 0 amide bonds. The van der Waals surface area contributed by atoms with Gasteiger partial charge in [0.25, 0.3) is 0 Å². The first-order chi connectivity index (χ1) is 22.5. The van der Waals surface area contributed by atoms with E-state index in [-0.39, 0.29) is 17.5 Å². The highest BCUT2D eigenvalue weighted by Crippen LogP contribution is 2.24. The van der Waals surface area contributed by atoms with E-state index in [0.29, 0.717) is 0 Å². The van der Waals surface area contributed by atoms with Crippen LogP contribution in [0.2, 0.25) is 0 Å². The molecule has 7 rings (SSSR count). The molecule has 4 heteroatoms. The van der Waals surface area contributed by atoms with E-state index in [2.05, 4.69) is 60.7 Å². The zero-order valence-corrected chi connectivity index (χ0v) is 25.9. The van der Waals surface area contributed by atoms with Crippen molar-refractivity contribution in [2.45, 2.75) is 0 Å². The highest BCUT2D eigenvalue weighted by Gasteiger charge is 2.41. The molecule has 0 aliphatic rings. The van der Waals surface area contributed by atoms with Crippen LogP contribution in [-0.2, 0) is 0 Å². The van der Waals surface area contributed by atoms with Gasteiger partial charge in [0, 0.05) is 0 Å². The predicted octanol–water partition coefficient (Wildman–Crippen LogP) is 8.48. The third-order valence-corrected chi connectivity index (χ3v) is 13.4. The Balaban J connectivity index is 1.45. The Morgan fingerprint density at radius 3 is 1.02 bits per heavy atom. The lowest BCUT2D eigenvalue weighted by molar-refractivity contribution is 0.628. The monoisotopic (exact) mass is 618 g/mol. The summed E-state index contributed by atoms with van der Waals surface area (Å²) in [5, 5.41) is 4.11. The van der Waals surface area contributed by atoms with Gasteiger partial charge in [-0.15, -0.1) is 0 Å². The molecule has 46 heavy (non-hydrogen) atoms. The van der Waals surface area contributed by atoms with Gasteiger partial charge in [-0.2, -0.15) is 0 Å². The van der Waals surface area contributed by atoms with E-state index in [9.17, 15) is 8.78 Å². The molecular weight excluding hydrogens is 590 g/mol. The molecule has 0 nitrogen and oxygen atoms in total. The van der Waals surface area contributed by atoms with Gasteiger partial charge in [-0.25, -0.2) is 13.2 Å². The molecule has 0 saturated carbocycles. The van der Waals surface area contributed by atoms with Crippen LogP contribution in [0.1, 0.15) is 0 Å². The molecule has 0 aliphatic heterocycles. The minimum atomic E-state index is -3.11. The van der Waals surface area contributed by atoms with E-state index >= 15 is 4.39 Å². The average Bonchev–Trinajstić information content (AvgIpc) is 3.10. The van der Waals surface area contributed by atoms with Crippen molar-refractivity contribution in [3.63, 3.8) is 0 Å². The summed E-state index contributed by atoms with van der Waals surface area (Å²) in [5.74, 6) is -0.882. The first-order valence-corrected chi connectivity index (χ1v) is 17.2. The molecule has 0 aliphatic carbocycles. The normalized spacial score (nSPS) is 11.4. The van der Waals surface area contributed by atoms with Crippen LogP contribution in [-0.4, -0.2) is 8.07 Å². The first-order valence-electron chi connectivity index (χ1n) is 15.2. The van der Waals surface area contributed by atoms with E-state index in [1.165, 1.54) is 30.3 Å². The Hall–Kier alpha value is -5.45. The Morgan fingerprint density at radius 1 is 0.261 bits per heavy atom. The molecule has 0 unspecified atom stereocenters. The van der Waals surface area contributed by atoms with E-state index < -0.39 is 8.07 Å². The molecule has 0 atom stereocenters. The summed E-state index contributed by atoms with van der Waals surface area (Å²) in [6.45, 7) is 0. The third kappa shape index (κ3) is 5.60. The summed E-state index contributed by atoms with van der Waals surface area (Å²) in [7, 11) is -3.11. The third-order valence-electron chi connectivity index (χ3n) is 8.63. The lowest BCUT2D eigenvalue weighted by Crippen LogP contribution is -2.74. The Bertz CT molecular complexity index is 2010. The van der Waals surface area contributed by atoms with Crippen LogP contribution >= 0.6 is 0 Å². The second-order valence-corrected chi connectivity index (χ2v) is 15.2. The Labute approximate surface area is 268 Å². The highest BCUT2D eigenvalue weighted by molar-refractivity contribution is 7.19. The molecule has 0 heterocycles. The summed E-state index contributed by atoms with van der Waals surface area (Å²) >= 11 is 0. The Kier molecular flexibility index (Phi) is 7.96. The zero-order chi connectivity index (χ0) is 31.5. The van der Waals surface area contributed by atoms with Crippen molar-refractivity contribution in [1.82, 2.24) is 0 Å². The van der Waals surface area contributed by atoms with Crippen molar-refractivity contribution in [2.24, 2.45) is 0 Å². The Morgan fingerprint density at radius 2 is 0.609 bits per heavy atom. The zero-order valence-electron chi connectivity index (χ0n) is 24.9. The van der Waals surface area contributed by atoms with Gasteiger partial charge in [0.1, 0.15) is 17.5 Å². The van der Waals surface area contributed by atoms with Crippen LogP contribution in [0.4, 0.5) is 13.2 Å². The van der Waals surface area contributed by atoms with Crippen molar-refractivity contribution in [3.05, 3.63) is 193 Å². The van der Waals surface area contributed by atoms with E-state index in [4.69, 9.17) is 0 Å². The predicted molar refractivity (Wildman–Crippen MR) is 186 cm³/mol. The van der Waals surface area contributed by atoms with Gasteiger partial charge < -0.3 is 0 Å². The maximum atomic E-state index is 15.1. The quantitative estimate of drug-likeness (QED) is 0.124. The number of halogens is 3. The van der Waals surface area contributed by atoms with Gasteiger partial charge in [0.15, 0.2) is 8.07 Å². The number of hydrogen-bond acceptors (Lipinski definition) is 0. The van der Waals surface area contributed by atoms with Gasteiger partial charge in [-0.05, 0) is 90.5 Å². The molecule has 0 aromatic heterocycles. The summed E-state index contributed by atoms with van der Waals surface area (Å²) in [5.41, 5.74) is 5.57. The summed E-state index contributed by atoms with van der Waals surface area (Å²) < 4.78 is 43.3. The minimum absolute atomic E-state index is 0.290. The van der Waals surface area contributed by atoms with Gasteiger partial charge in [0.2, 0.25) is 0 Å². The van der Waals surface area contributed by atoms with Gasteiger partial charge in [-0.1, -0.05) is 140 Å². The average molecular weight is 619 g/mol. The maximum absolute atomic E-state index is 15.1. The van der Waals surface area contributed by atoms with Crippen molar-refractivity contribution in [3.8, 4) is 33.4 Å². The fourth-order valence-electron chi connectivity index (χ4n) is 6.43. The molecule has 0 spiro atoms. The van der Waals surface area contributed by atoms with Crippen LogP contribution in [0.5, 0.6) is 0 Å². The summed E-state index contributed by atoms with van der Waals surface area (Å²) in [4.78, 5) is 0. The van der Waals surface area contributed by atoms with Crippen LogP contribution in [0, 0.1) is 17.5 Å². The molecule has 7 aromatic rings. The molecule has 0 saturated heterocycles. The second kappa shape index (κ2) is 12.5. The van der Waals surface area contributed by atoms with Crippen LogP contribution in [0.15, 0.2) is 176 Å². The largest absolute Gasteiger partial charge is 0.207 e. The minimum Gasteiger partial charge on any atom is -0.207 e. The second-order valence-electron chi connectivity index (χ2n) is 11.4. The lowest BCUT2D eigenvalue weighted by atomic mass is 10.1. The van der Waals surface area contributed by atoms with Crippen molar-refractivity contribution < 1.29 is 13.2 Å². The number of hydrogen-bond donors (Lipinski definition) is 0. The highest BCUT2D eigenvalue weighted by atomic mass is 28.3. The molecule has 0 bridgehead atoms. The molecular formula is C42H29F3Si. The van der Waals surface area contributed by atoms with Crippen LogP contribution < -0.4 is 20.7 Å². The van der Waals surface area contributed by atoms with Crippen molar-refractivity contribution >= 4 is 28.8 Å². The molecule has 0 N–H and O–H groups in total. The fraction of sp³-hybridized carbons (Fsp3) is 0. The van der Waals surface area contributed by atoms with E-state index in [1.54, 1.807) is 24.3 Å². The number of benzene rings is 7. The molecule has 222 valence electrons. The van der Waals surface area contributed by atoms with E-state index in [0.717, 1.165) is 54.1 Å². The van der Waals surface area contributed by atoms with Gasteiger partial charge in [0.05, 0.1) is 0 Å². The first kappa shape index (κ1) is 29.3. The smallest absolute Gasteiger partial charge is 0.179 e.